The van der Waals surface area contributed by atoms with Crippen LogP contribution >= 0.6 is 0 Å². The second-order valence-corrected chi connectivity index (χ2v) is 2.85. The fourth-order valence-corrected chi connectivity index (χ4v) is 1.25. The number of imidazole rings is 1. The molecule has 0 spiro atoms. The number of aromatic nitrogens is 2. The Morgan fingerprint density at radius 3 is 3.00 bits per heavy atom. The largest absolute Gasteiger partial charge is 0.426 e. The van der Waals surface area contributed by atoms with Gasteiger partial charge < -0.3 is 5.21 Å². The van der Waals surface area contributed by atoms with Crippen molar-refractivity contribution in [1.82, 2.24) is 9.71 Å². The van der Waals surface area contributed by atoms with Gasteiger partial charge in [-0.25, -0.2) is 4.98 Å². The summed E-state index contributed by atoms with van der Waals surface area (Å²) < 4.78 is 0.808. The first-order valence-corrected chi connectivity index (χ1v) is 3.81. The van der Waals surface area contributed by atoms with E-state index in [1.54, 1.807) is 18.2 Å². The van der Waals surface area contributed by atoms with Gasteiger partial charge in [0, 0.05) is 0 Å². The minimum atomic E-state index is 0.0144. The average Bonchev–Trinajstić information content (AvgIpc) is 2.44. The average molecular weight is 173 g/mol. The van der Waals surface area contributed by atoms with Crippen molar-refractivity contribution in [3.63, 3.8) is 0 Å². The third-order valence-electron chi connectivity index (χ3n) is 1.89. The van der Waals surface area contributed by atoms with E-state index in [-0.39, 0.29) is 5.82 Å². The first-order valence-electron chi connectivity index (χ1n) is 3.81. The van der Waals surface area contributed by atoms with E-state index in [0.717, 1.165) is 10.3 Å². The molecule has 1 heterocycles. The number of hydrogen-bond donors (Lipinski definition) is 1. The molecular weight excluding hydrogens is 166 g/mol. The molecule has 0 radical (unpaired) electrons. The van der Waals surface area contributed by atoms with Crippen LogP contribution in [-0.4, -0.2) is 14.9 Å². The maximum Gasteiger partial charge on any atom is 0.247 e. The van der Waals surface area contributed by atoms with Gasteiger partial charge in [-0.1, -0.05) is 6.07 Å². The molecule has 0 unspecified atom stereocenters. The lowest BCUT2D eigenvalue weighted by atomic mass is 10.2. The Bertz CT molecular complexity index is 507. The molecule has 0 atom stereocenters. The van der Waals surface area contributed by atoms with Crippen LogP contribution in [0.2, 0.25) is 0 Å². The molecule has 64 valence electrons. The topological polar surface area (TPSA) is 61.8 Å². The summed E-state index contributed by atoms with van der Waals surface area (Å²) in [5, 5.41) is 18.0. The number of hydrogen-bond acceptors (Lipinski definition) is 3. The smallest absolute Gasteiger partial charge is 0.247 e. The van der Waals surface area contributed by atoms with Gasteiger partial charge in [-0.3, -0.25) is 0 Å². The van der Waals surface area contributed by atoms with Crippen LogP contribution in [0.15, 0.2) is 18.2 Å². The van der Waals surface area contributed by atoms with Gasteiger partial charge in [0.15, 0.2) is 0 Å². The van der Waals surface area contributed by atoms with E-state index in [0.29, 0.717) is 11.0 Å². The molecule has 1 N–H and O–H groups in total. The Hall–Kier alpha value is -2.02. The van der Waals surface area contributed by atoms with Gasteiger partial charge >= 0.3 is 0 Å². The first-order chi connectivity index (χ1) is 6.22. The summed E-state index contributed by atoms with van der Waals surface area (Å²) in [6.07, 6.45) is 0. The van der Waals surface area contributed by atoms with Gasteiger partial charge in [-0.15, -0.1) is 0 Å². The zero-order chi connectivity index (χ0) is 9.42. The molecule has 2 aromatic rings. The lowest BCUT2D eigenvalue weighted by Gasteiger charge is -1.94. The van der Waals surface area contributed by atoms with Crippen LogP contribution in [0.1, 0.15) is 11.4 Å². The van der Waals surface area contributed by atoms with Crippen LogP contribution in [0, 0.1) is 18.3 Å². The van der Waals surface area contributed by atoms with Crippen molar-refractivity contribution in [3.05, 3.63) is 29.6 Å². The summed E-state index contributed by atoms with van der Waals surface area (Å²) >= 11 is 0. The van der Waals surface area contributed by atoms with Gasteiger partial charge in [-0.2, -0.15) is 9.99 Å². The molecule has 0 saturated heterocycles. The third kappa shape index (κ3) is 1.02. The first kappa shape index (κ1) is 7.62. The number of aryl methyl sites for hydroxylation is 1. The monoisotopic (exact) mass is 173 g/mol. The fourth-order valence-electron chi connectivity index (χ4n) is 1.25. The molecule has 2 rings (SSSR count). The number of benzene rings is 1. The molecule has 0 aliphatic carbocycles. The van der Waals surface area contributed by atoms with E-state index >= 15 is 0 Å². The normalized spacial score (nSPS) is 10.2. The van der Waals surface area contributed by atoms with Crippen LogP contribution < -0.4 is 0 Å². The predicted molar refractivity (Wildman–Crippen MR) is 46.4 cm³/mol. The maximum absolute atomic E-state index is 9.45. The molecule has 0 fully saturated rings. The van der Waals surface area contributed by atoms with Gasteiger partial charge in [0.25, 0.3) is 0 Å². The minimum Gasteiger partial charge on any atom is -0.426 e. The van der Waals surface area contributed by atoms with Crippen LogP contribution in [0.25, 0.3) is 11.0 Å². The zero-order valence-electron chi connectivity index (χ0n) is 7.02. The van der Waals surface area contributed by atoms with Crippen molar-refractivity contribution in [1.29, 1.82) is 5.26 Å². The van der Waals surface area contributed by atoms with Crippen molar-refractivity contribution in [2.24, 2.45) is 0 Å². The Morgan fingerprint density at radius 2 is 2.31 bits per heavy atom. The van der Waals surface area contributed by atoms with Crippen molar-refractivity contribution < 1.29 is 5.21 Å². The summed E-state index contributed by atoms with van der Waals surface area (Å²) in [4.78, 5) is 3.92. The second kappa shape index (κ2) is 2.49. The highest BCUT2D eigenvalue weighted by Crippen LogP contribution is 2.15. The number of nitrogens with zero attached hydrogens (tertiary/aromatic N) is 3. The van der Waals surface area contributed by atoms with Crippen LogP contribution in [-0.2, 0) is 0 Å². The molecule has 4 nitrogen and oxygen atoms in total. The zero-order valence-corrected chi connectivity index (χ0v) is 7.02. The van der Waals surface area contributed by atoms with Crippen LogP contribution in [0.4, 0.5) is 0 Å². The predicted octanol–water partition coefficient (Wildman–Crippen LogP) is 1.45. The fraction of sp³-hybridized carbons (Fsp3) is 0.111. The molecule has 1 aromatic carbocycles. The molecule has 13 heavy (non-hydrogen) atoms. The number of nitriles is 1. The van der Waals surface area contributed by atoms with E-state index in [2.05, 4.69) is 4.98 Å². The van der Waals surface area contributed by atoms with Gasteiger partial charge in [0.1, 0.15) is 11.6 Å². The van der Waals surface area contributed by atoms with Crippen LogP contribution in [0.5, 0.6) is 0 Å². The maximum atomic E-state index is 9.45. The van der Waals surface area contributed by atoms with E-state index < -0.39 is 0 Å². The highest BCUT2D eigenvalue weighted by Gasteiger charge is 2.08. The van der Waals surface area contributed by atoms with E-state index in [1.807, 2.05) is 13.0 Å². The summed E-state index contributed by atoms with van der Waals surface area (Å²) in [5.41, 5.74) is 2.22. The third-order valence-corrected chi connectivity index (χ3v) is 1.89. The summed E-state index contributed by atoms with van der Waals surface area (Å²) in [5.74, 6) is 0.0144. The van der Waals surface area contributed by atoms with Crippen LogP contribution in [0.3, 0.4) is 0 Å². The Balaban J connectivity index is 2.87. The summed E-state index contributed by atoms with van der Waals surface area (Å²) in [6.45, 7) is 1.92. The molecule has 4 heteroatoms. The lowest BCUT2D eigenvalue weighted by molar-refractivity contribution is 0.195. The highest BCUT2D eigenvalue weighted by molar-refractivity contribution is 5.77. The van der Waals surface area contributed by atoms with Gasteiger partial charge in [0.2, 0.25) is 5.82 Å². The van der Waals surface area contributed by atoms with E-state index in [1.165, 1.54) is 0 Å². The summed E-state index contributed by atoms with van der Waals surface area (Å²) in [7, 11) is 0. The molecule has 0 bridgehead atoms. The second-order valence-electron chi connectivity index (χ2n) is 2.85. The SMILES string of the molecule is Cc1ccc2nc(C#N)n(O)c2c1. The van der Waals surface area contributed by atoms with Crippen molar-refractivity contribution in [2.45, 2.75) is 6.92 Å². The number of fused-ring (bicyclic) bond motifs is 1. The number of rotatable bonds is 0. The molecule has 0 aliphatic rings. The van der Waals surface area contributed by atoms with Crippen molar-refractivity contribution in [2.75, 3.05) is 0 Å². The Morgan fingerprint density at radius 1 is 1.54 bits per heavy atom. The minimum absolute atomic E-state index is 0.0144. The van der Waals surface area contributed by atoms with Gasteiger partial charge in [-0.05, 0) is 24.6 Å². The molecule has 0 amide bonds. The van der Waals surface area contributed by atoms with Crippen molar-refractivity contribution >= 4 is 11.0 Å². The molecule has 0 saturated carbocycles. The van der Waals surface area contributed by atoms with E-state index in [9.17, 15) is 5.21 Å². The Labute approximate surface area is 74.6 Å². The lowest BCUT2D eigenvalue weighted by Crippen LogP contribution is -1.93. The standard InChI is InChI=1S/C9H7N3O/c1-6-2-3-7-8(4-6)12(13)9(5-10)11-7/h2-4,13H,1H3. The van der Waals surface area contributed by atoms with E-state index in [4.69, 9.17) is 5.26 Å². The Kier molecular flexibility index (Phi) is 1.46. The molecule has 0 aliphatic heterocycles. The molecule has 1 aromatic heterocycles. The van der Waals surface area contributed by atoms with Crippen molar-refractivity contribution in [3.8, 4) is 6.07 Å². The van der Waals surface area contributed by atoms with Gasteiger partial charge in [0.05, 0.1) is 5.52 Å². The quantitative estimate of drug-likeness (QED) is 0.613. The summed E-state index contributed by atoms with van der Waals surface area (Å²) in [6, 6.07) is 7.25. The highest BCUT2D eigenvalue weighted by atomic mass is 16.5. The molecular formula is C9H7N3O.